The first-order valence-corrected chi connectivity index (χ1v) is 6.87. The number of piperidine rings is 1. The first-order chi connectivity index (χ1) is 8.65. The van der Waals surface area contributed by atoms with E-state index in [9.17, 15) is 9.59 Å². The van der Waals surface area contributed by atoms with Gasteiger partial charge in [-0.25, -0.2) is 0 Å². The molecule has 102 valence electrons. The van der Waals surface area contributed by atoms with E-state index in [1.54, 1.807) is 0 Å². The zero-order chi connectivity index (χ0) is 13.0. The molecule has 18 heavy (non-hydrogen) atoms. The number of nitrogens with one attached hydrogen (secondary N) is 1. The van der Waals surface area contributed by atoms with Gasteiger partial charge in [-0.15, -0.1) is 0 Å². The van der Waals surface area contributed by atoms with Crippen molar-refractivity contribution in [2.24, 2.45) is 5.92 Å². The van der Waals surface area contributed by atoms with Gasteiger partial charge in [-0.05, 0) is 38.1 Å². The minimum atomic E-state index is -0.836. The van der Waals surface area contributed by atoms with Crippen molar-refractivity contribution in [2.45, 2.75) is 44.6 Å². The molecule has 2 rings (SSSR count). The number of amides is 1. The van der Waals surface area contributed by atoms with Gasteiger partial charge in [0.25, 0.3) is 0 Å². The monoisotopic (exact) mass is 254 g/mol. The number of hydrogen-bond donors (Lipinski definition) is 2. The second-order valence-electron chi connectivity index (χ2n) is 5.43. The number of rotatable bonds is 7. The third-order valence-corrected chi connectivity index (χ3v) is 4.03. The Hall–Kier alpha value is -1.10. The molecule has 2 aliphatic heterocycles. The lowest BCUT2D eigenvalue weighted by Crippen LogP contribution is -2.34. The van der Waals surface area contributed by atoms with Crippen molar-refractivity contribution in [3.8, 4) is 0 Å². The van der Waals surface area contributed by atoms with Gasteiger partial charge >= 0.3 is 5.97 Å². The lowest BCUT2D eigenvalue weighted by atomic mass is 9.98. The topological polar surface area (TPSA) is 69.6 Å². The van der Waals surface area contributed by atoms with E-state index in [-0.39, 0.29) is 12.3 Å². The van der Waals surface area contributed by atoms with Crippen molar-refractivity contribution in [1.29, 1.82) is 0 Å². The minimum Gasteiger partial charge on any atom is -0.481 e. The summed E-state index contributed by atoms with van der Waals surface area (Å²) < 4.78 is 0. The van der Waals surface area contributed by atoms with E-state index in [1.165, 1.54) is 25.9 Å². The fourth-order valence-corrected chi connectivity index (χ4v) is 3.09. The van der Waals surface area contributed by atoms with Crippen LogP contribution in [0.3, 0.4) is 0 Å². The SMILES string of the molecule is O=C(O)CCCC(=O)NCCC1CC2CCN1C2. The Kier molecular flexibility index (Phi) is 4.58. The Bertz CT molecular complexity index is 319. The molecule has 2 bridgehead atoms. The predicted octanol–water partition coefficient (Wildman–Crippen LogP) is 0.842. The molecule has 2 saturated heterocycles. The number of aliphatic carboxylic acids is 1. The molecular formula is C13H22N2O3. The third kappa shape index (κ3) is 3.70. The Morgan fingerprint density at radius 3 is 2.78 bits per heavy atom. The highest BCUT2D eigenvalue weighted by Crippen LogP contribution is 2.33. The van der Waals surface area contributed by atoms with E-state index < -0.39 is 5.97 Å². The molecule has 0 saturated carbocycles. The van der Waals surface area contributed by atoms with Gasteiger partial charge in [0.05, 0.1) is 0 Å². The summed E-state index contributed by atoms with van der Waals surface area (Å²) in [5.74, 6) is 0.0354. The first-order valence-electron chi connectivity index (χ1n) is 6.87. The van der Waals surface area contributed by atoms with E-state index in [1.807, 2.05) is 0 Å². The van der Waals surface area contributed by atoms with Crippen molar-refractivity contribution in [2.75, 3.05) is 19.6 Å². The van der Waals surface area contributed by atoms with Crippen LogP contribution in [0.25, 0.3) is 0 Å². The van der Waals surface area contributed by atoms with Crippen LogP contribution in [0.1, 0.15) is 38.5 Å². The van der Waals surface area contributed by atoms with Crippen LogP contribution >= 0.6 is 0 Å². The second kappa shape index (κ2) is 6.18. The van der Waals surface area contributed by atoms with E-state index in [2.05, 4.69) is 10.2 Å². The number of hydrogen-bond acceptors (Lipinski definition) is 3. The van der Waals surface area contributed by atoms with Gasteiger partial charge in [0.2, 0.25) is 5.91 Å². The van der Waals surface area contributed by atoms with Gasteiger partial charge in [-0.3, -0.25) is 9.59 Å². The molecule has 2 N–H and O–H groups in total. The van der Waals surface area contributed by atoms with Gasteiger partial charge in [0.15, 0.2) is 0 Å². The zero-order valence-corrected chi connectivity index (χ0v) is 10.7. The minimum absolute atomic E-state index is 0.0191. The van der Waals surface area contributed by atoms with Crippen LogP contribution < -0.4 is 5.32 Å². The summed E-state index contributed by atoms with van der Waals surface area (Å²) in [5.41, 5.74) is 0. The first kappa shape index (κ1) is 13.3. The number of nitrogens with zero attached hydrogens (tertiary/aromatic N) is 1. The summed E-state index contributed by atoms with van der Waals surface area (Å²) in [5, 5.41) is 11.4. The van der Waals surface area contributed by atoms with Crippen LogP contribution in [0.5, 0.6) is 0 Å². The van der Waals surface area contributed by atoms with Crippen LogP contribution in [0, 0.1) is 5.92 Å². The molecule has 3 unspecified atom stereocenters. The molecular weight excluding hydrogens is 232 g/mol. The zero-order valence-electron chi connectivity index (χ0n) is 10.7. The van der Waals surface area contributed by atoms with Crippen LogP contribution in [0.2, 0.25) is 0 Å². The summed E-state index contributed by atoms with van der Waals surface area (Å²) in [4.78, 5) is 24.3. The maximum Gasteiger partial charge on any atom is 0.303 e. The van der Waals surface area contributed by atoms with Gasteiger partial charge < -0.3 is 15.3 Å². The van der Waals surface area contributed by atoms with E-state index >= 15 is 0 Å². The summed E-state index contributed by atoms with van der Waals surface area (Å²) in [7, 11) is 0. The van der Waals surface area contributed by atoms with E-state index in [4.69, 9.17) is 5.11 Å². The fourth-order valence-electron chi connectivity index (χ4n) is 3.09. The predicted molar refractivity (Wildman–Crippen MR) is 67.2 cm³/mol. The molecule has 2 fully saturated rings. The molecule has 0 radical (unpaired) electrons. The summed E-state index contributed by atoms with van der Waals surface area (Å²) in [6, 6.07) is 0.656. The molecule has 0 aromatic rings. The molecule has 5 heteroatoms. The smallest absolute Gasteiger partial charge is 0.303 e. The molecule has 3 atom stereocenters. The van der Waals surface area contributed by atoms with Crippen LogP contribution in [-0.4, -0.2) is 47.6 Å². The Morgan fingerprint density at radius 2 is 2.17 bits per heavy atom. The molecule has 2 aliphatic rings. The van der Waals surface area contributed by atoms with Crippen molar-refractivity contribution in [3.05, 3.63) is 0 Å². The van der Waals surface area contributed by atoms with Crippen molar-refractivity contribution in [1.82, 2.24) is 10.2 Å². The second-order valence-corrected chi connectivity index (χ2v) is 5.43. The molecule has 0 aliphatic carbocycles. The standard InChI is InChI=1S/C13H22N2O3/c16-12(2-1-3-13(17)18)14-6-4-11-8-10-5-7-15(11)9-10/h10-11H,1-9H2,(H,14,16)(H,17,18). The number of carbonyl (C=O) groups excluding carboxylic acids is 1. The molecule has 0 aromatic heterocycles. The maximum atomic E-state index is 11.4. The average molecular weight is 254 g/mol. The quantitative estimate of drug-likeness (QED) is 0.706. The summed E-state index contributed by atoms with van der Waals surface area (Å²) >= 11 is 0. The van der Waals surface area contributed by atoms with Crippen LogP contribution in [0.15, 0.2) is 0 Å². The number of carboxylic acids is 1. The van der Waals surface area contributed by atoms with Crippen LogP contribution in [-0.2, 0) is 9.59 Å². The Labute approximate surface area is 108 Å². The highest BCUT2D eigenvalue weighted by atomic mass is 16.4. The van der Waals surface area contributed by atoms with Gasteiger partial charge in [0.1, 0.15) is 0 Å². The fraction of sp³-hybridized carbons (Fsp3) is 0.846. The molecule has 1 amide bonds. The lowest BCUT2D eigenvalue weighted by molar-refractivity contribution is -0.137. The highest BCUT2D eigenvalue weighted by Gasteiger charge is 2.36. The van der Waals surface area contributed by atoms with E-state index in [0.29, 0.717) is 18.9 Å². The number of fused-ring (bicyclic) bond motifs is 2. The number of carbonyl (C=O) groups is 2. The Balaban J connectivity index is 1.52. The van der Waals surface area contributed by atoms with E-state index in [0.717, 1.165) is 18.9 Å². The largest absolute Gasteiger partial charge is 0.481 e. The molecule has 0 spiro atoms. The van der Waals surface area contributed by atoms with Gasteiger partial charge in [-0.1, -0.05) is 0 Å². The normalized spacial score (nSPS) is 29.4. The van der Waals surface area contributed by atoms with Crippen LogP contribution in [0.4, 0.5) is 0 Å². The average Bonchev–Trinajstić information content (AvgIpc) is 2.90. The molecule has 5 nitrogen and oxygen atoms in total. The molecule has 0 aromatic carbocycles. The van der Waals surface area contributed by atoms with Gasteiger partial charge in [0, 0.05) is 32.0 Å². The highest BCUT2D eigenvalue weighted by molar-refractivity contribution is 5.76. The third-order valence-electron chi connectivity index (χ3n) is 4.03. The number of carboxylic acid groups (broad SMARTS) is 1. The lowest BCUT2D eigenvalue weighted by Gasteiger charge is -2.24. The van der Waals surface area contributed by atoms with Gasteiger partial charge in [-0.2, -0.15) is 0 Å². The Morgan fingerprint density at radius 1 is 1.33 bits per heavy atom. The summed E-state index contributed by atoms with van der Waals surface area (Å²) in [6.45, 7) is 3.19. The van der Waals surface area contributed by atoms with Crippen molar-refractivity contribution >= 4 is 11.9 Å². The van der Waals surface area contributed by atoms with Crippen molar-refractivity contribution in [3.63, 3.8) is 0 Å². The summed E-state index contributed by atoms with van der Waals surface area (Å²) in [6.07, 6.45) is 4.49. The molecule has 2 heterocycles. The van der Waals surface area contributed by atoms with Crippen molar-refractivity contribution < 1.29 is 14.7 Å². The maximum absolute atomic E-state index is 11.4.